The lowest BCUT2D eigenvalue weighted by molar-refractivity contribution is -0.117. The molecule has 33 heavy (non-hydrogen) atoms. The van der Waals surface area contributed by atoms with Crippen LogP contribution in [0.3, 0.4) is 0 Å². The average Bonchev–Trinajstić information content (AvgIpc) is 3.43. The summed E-state index contributed by atoms with van der Waals surface area (Å²) in [7, 11) is 0. The fraction of sp³-hybridized carbons (Fsp3) is 0.667. The molecule has 1 atom stereocenters. The average molecular weight is 450 g/mol. The molecule has 0 spiro atoms. The summed E-state index contributed by atoms with van der Waals surface area (Å²) >= 11 is 0. The zero-order chi connectivity index (χ0) is 23.1. The van der Waals surface area contributed by atoms with E-state index in [4.69, 9.17) is 10.2 Å². The quantitative estimate of drug-likeness (QED) is 0.559. The van der Waals surface area contributed by atoms with Crippen molar-refractivity contribution in [3.05, 3.63) is 41.0 Å². The predicted octanol–water partition coefficient (Wildman–Crippen LogP) is 5.10. The molecule has 2 heterocycles. The highest BCUT2D eigenvalue weighted by atomic mass is 16.1. The number of nitrogens with one attached hydrogen (secondary N) is 2. The molecule has 6 heteroatoms. The summed E-state index contributed by atoms with van der Waals surface area (Å²) in [5.74, 6) is 5.02. The van der Waals surface area contributed by atoms with Crippen LogP contribution in [-0.4, -0.2) is 33.8 Å². The number of nitrogens with zero attached hydrogens (tertiary/aromatic N) is 3. The summed E-state index contributed by atoms with van der Waals surface area (Å²) < 4.78 is 2.46. The molecule has 0 radical (unpaired) electrons. The first-order valence-electron chi connectivity index (χ1n) is 12.9. The summed E-state index contributed by atoms with van der Waals surface area (Å²) in [6.07, 6.45) is 6.69. The van der Waals surface area contributed by atoms with Gasteiger partial charge >= 0.3 is 0 Å². The van der Waals surface area contributed by atoms with Crippen LogP contribution in [-0.2, 0) is 4.79 Å². The molecule has 2 N–H and O–H groups in total. The molecule has 3 aliphatic rings. The van der Waals surface area contributed by atoms with Gasteiger partial charge in [-0.2, -0.15) is 0 Å². The van der Waals surface area contributed by atoms with Crippen LogP contribution >= 0.6 is 0 Å². The molecule has 1 amide bonds. The Kier molecular flexibility index (Phi) is 6.30. The Balaban J connectivity index is 1.34. The Hall–Kier alpha value is -2.21. The fourth-order valence-electron chi connectivity index (χ4n) is 5.78. The van der Waals surface area contributed by atoms with Crippen LogP contribution in [0.4, 0.5) is 5.69 Å². The molecule has 178 valence electrons. The van der Waals surface area contributed by atoms with Gasteiger partial charge in [-0.1, -0.05) is 31.5 Å². The van der Waals surface area contributed by atoms with Gasteiger partial charge in [-0.3, -0.25) is 4.79 Å². The molecule has 3 fully saturated rings. The zero-order valence-corrected chi connectivity index (χ0v) is 20.6. The van der Waals surface area contributed by atoms with Crippen molar-refractivity contribution in [1.29, 1.82) is 0 Å². The van der Waals surface area contributed by atoms with Gasteiger partial charge < -0.3 is 15.2 Å². The van der Waals surface area contributed by atoms with E-state index in [1.165, 1.54) is 43.5 Å². The summed E-state index contributed by atoms with van der Waals surface area (Å²) in [4.78, 5) is 13.1. The van der Waals surface area contributed by atoms with Crippen molar-refractivity contribution < 1.29 is 4.79 Å². The Labute approximate surface area is 197 Å². The highest BCUT2D eigenvalue weighted by molar-refractivity contribution is 5.92. The SMILES string of the molecule is Cc1ccc(NC(=O)CC(c2nnc([C@H]3C[C@@H](CC(C)C)C3)n2C2CC2)C2CNC2)c(C)c1. The molecule has 2 saturated carbocycles. The largest absolute Gasteiger partial charge is 0.326 e. The number of hydrogen-bond donors (Lipinski definition) is 2. The van der Waals surface area contributed by atoms with Crippen molar-refractivity contribution in [3.63, 3.8) is 0 Å². The molecule has 2 aliphatic carbocycles. The Morgan fingerprint density at radius 3 is 2.55 bits per heavy atom. The minimum atomic E-state index is 0.0754. The van der Waals surface area contributed by atoms with Crippen LogP contribution in [0.5, 0.6) is 0 Å². The van der Waals surface area contributed by atoms with Gasteiger partial charge in [0.15, 0.2) is 0 Å². The number of carbonyl (C=O) groups is 1. The van der Waals surface area contributed by atoms with E-state index in [-0.39, 0.29) is 11.8 Å². The summed E-state index contributed by atoms with van der Waals surface area (Å²) in [5, 5.41) is 16.1. The normalized spacial score (nSPS) is 23.8. The molecule has 1 aromatic carbocycles. The van der Waals surface area contributed by atoms with Gasteiger partial charge in [0.2, 0.25) is 5.91 Å². The third-order valence-corrected chi connectivity index (χ3v) is 7.84. The van der Waals surface area contributed by atoms with Crippen LogP contribution < -0.4 is 10.6 Å². The predicted molar refractivity (Wildman–Crippen MR) is 131 cm³/mol. The van der Waals surface area contributed by atoms with Crippen LogP contribution in [0.25, 0.3) is 0 Å². The van der Waals surface area contributed by atoms with E-state index in [2.05, 4.69) is 55.0 Å². The van der Waals surface area contributed by atoms with Crippen molar-refractivity contribution in [3.8, 4) is 0 Å². The fourth-order valence-corrected chi connectivity index (χ4v) is 5.78. The van der Waals surface area contributed by atoms with Gasteiger partial charge in [-0.05, 0) is 88.4 Å². The van der Waals surface area contributed by atoms with E-state index in [1.54, 1.807) is 0 Å². The number of hydrogen-bond acceptors (Lipinski definition) is 4. The van der Waals surface area contributed by atoms with Gasteiger partial charge in [0.25, 0.3) is 0 Å². The second-order valence-electron chi connectivity index (χ2n) is 11.3. The van der Waals surface area contributed by atoms with Gasteiger partial charge in [0.05, 0.1) is 0 Å². The third kappa shape index (κ3) is 4.86. The number of aryl methyl sites for hydroxylation is 2. The molecular formula is C27H39N5O. The summed E-state index contributed by atoms with van der Waals surface area (Å²) in [5.41, 5.74) is 3.22. The topological polar surface area (TPSA) is 71.8 Å². The molecule has 1 aliphatic heterocycles. The molecule has 5 rings (SSSR count). The second kappa shape index (κ2) is 9.21. The lowest BCUT2D eigenvalue weighted by atomic mass is 9.71. The molecule has 1 aromatic heterocycles. The Morgan fingerprint density at radius 2 is 1.94 bits per heavy atom. The number of anilines is 1. The van der Waals surface area contributed by atoms with E-state index in [0.717, 1.165) is 42.0 Å². The molecule has 1 saturated heterocycles. The minimum absolute atomic E-state index is 0.0754. The number of amides is 1. The van der Waals surface area contributed by atoms with Crippen LogP contribution in [0.1, 0.15) is 93.0 Å². The van der Waals surface area contributed by atoms with E-state index in [1.807, 2.05) is 6.07 Å². The van der Waals surface area contributed by atoms with Crippen molar-refractivity contribution in [1.82, 2.24) is 20.1 Å². The maximum atomic E-state index is 13.1. The molecule has 2 aromatic rings. The van der Waals surface area contributed by atoms with Crippen LogP contribution in [0, 0.1) is 31.6 Å². The maximum Gasteiger partial charge on any atom is 0.225 e. The first kappa shape index (κ1) is 22.6. The third-order valence-electron chi connectivity index (χ3n) is 7.84. The Bertz CT molecular complexity index is 998. The Morgan fingerprint density at radius 1 is 1.18 bits per heavy atom. The van der Waals surface area contributed by atoms with E-state index < -0.39 is 0 Å². The zero-order valence-electron chi connectivity index (χ0n) is 20.6. The van der Waals surface area contributed by atoms with Gasteiger partial charge in [-0.15, -0.1) is 10.2 Å². The van der Waals surface area contributed by atoms with E-state index in [9.17, 15) is 4.79 Å². The van der Waals surface area contributed by atoms with Gasteiger partial charge in [0.1, 0.15) is 11.6 Å². The van der Waals surface area contributed by atoms with Crippen molar-refractivity contribution in [2.24, 2.45) is 17.8 Å². The molecule has 0 bridgehead atoms. The number of carbonyl (C=O) groups excluding carboxylic acids is 1. The van der Waals surface area contributed by atoms with E-state index in [0.29, 0.717) is 24.3 Å². The highest BCUT2D eigenvalue weighted by Gasteiger charge is 2.41. The highest BCUT2D eigenvalue weighted by Crippen LogP contribution is 2.48. The van der Waals surface area contributed by atoms with E-state index >= 15 is 0 Å². The summed E-state index contributed by atoms with van der Waals surface area (Å²) in [6.45, 7) is 10.7. The standard InChI is InChI=1S/C27H39N5O/c1-16(2)9-19-11-20(12-19)26-30-31-27(32(26)22-6-7-22)23(21-14-28-15-21)13-25(33)29-24-8-5-17(3)10-18(24)4/h5,8,10,16,19-23,28H,6-7,9,11-15H2,1-4H3,(H,29,33)/t19-,20+,23?. The van der Waals surface area contributed by atoms with Gasteiger partial charge in [0, 0.05) is 30.0 Å². The first-order valence-corrected chi connectivity index (χ1v) is 12.9. The number of benzene rings is 1. The minimum Gasteiger partial charge on any atom is -0.326 e. The molecular weight excluding hydrogens is 410 g/mol. The summed E-state index contributed by atoms with van der Waals surface area (Å²) in [6, 6.07) is 6.71. The molecule has 6 nitrogen and oxygen atoms in total. The van der Waals surface area contributed by atoms with Gasteiger partial charge in [-0.25, -0.2) is 0 Å². The smallest absolute Gasteiger partial charge is 0.225 e. The maximum absolute atomic E-state index is 13.1. The lowest BCUT2D eigenvalue weighted by Crippen LogP contribution is -2.46. The lowest BCUT2D eigenvalue weighted by Gasteiger charge is -2.37. The van der Waals surface area contributed by atoms with Crippen LogP contribution in [0.2, 0.25) is 0 Å². The van der Waals surface area contributed by atoms with Crippen molar-refractivity contribution in [2.75, 3.05) is 18.4 Å². The number of rotatable bonds is 9. The molecule has 1 unspecified atom stereocenters. The number of aromatic nitrogens is 3. The second-order valence-corrected chi connectivity index (χ2v) is 11.3. The van der Waals surface area contributed by atoms with Crippen molar-refractivity contribution >= 4 is 11.6 Å². The van der Waals surface area contributed by atoms with Crippen LogP contribution in [0.15, 0.2) is 18.2 Å². The monoisotopic (exact) mass is 449 g/mol. The first-order chi connectivity index (χ1) is 15.9. The van der Waals surface area contributed by atoms with Crippen molar-refractivity contribution in [2.45, 2.75) is 84.1 Å².